The first-order valence-corrected chi connectivity index (χ1v) is 3.12. The molecule has 0 amide bonds. The zero-order valence-electron chi connectivity index (χ0n) is 5.58. The first-order chi connectivity index (χ1) is 4.84. The molecule has 4 heteroatoms. The van der Waals surface area contributed by atoms with Crippen LogP contribution in [0.3, 0.4) is 0 Å². The summed E-state index contributed by atoms with van der Waals surface area (Å²) in [6.07, 6.45) is 2.09. The van der Waals surface area contributed by atoms with Gasteiger partial charge in [-0.25, -0.2) is 0 Å². The lowest BCUT2D eigenvalue weighted by Gasteiger charge is -2.03. The molecule has 4 N–H and O–H groups in total. The van der Waals surface area contributed by atoms with E-state index in [0.29, 0.717) is 18.7 Å². The highest BCUT2D eigenvalue weighted by molar-refractivity contribution is 4.99. The minimum Gasteiger partial charge on any atom is -0.364 e. The summed E-state index contributed by atoms with van der Waals surface area (Å²) < 4.78 is 4.56. The fraction of sp³-hybridized carbons (Fsp3) is 0.500. The van der Waals surface area contributed by atoms with E-state index in [9.17, 15) is 0 Å². The van der Waals surface area contributed by atoms with Gasteiger partial charge in [0.1, 0.15) is 12.0 Å². The zero-order valence-corrected chi connectivity index (χ0v) is 5.58. The summed E-state index contributed by atoms with van der Waals surface area (Å²) in [5.74, 6) is 0. The molecular formula is C6H10N3O. The Bertz CT molecular complexity index is 173. The van der Waals surface area contributed by atoms with Crippen molar-refractivity contribution < 1.29 is 4.52 Å². The molecule has 1 heterocycles. The number of rotatable bonds is 3. The van der Waals surface area contributed by atoms with Crippen molar-refractivity contribution in [1.29, 1.82) is 0 Å². The van der Waals surface area contributed by atoms with E-state index in [4.69, 9.17) is 11.5 Å². The number of hydrogen-bond donors (Lipinski definition) is 2. The Kier molecular flexibility index (Phi) is 2.42. The lowest BCUT2D eigenvalue weighted by Crippen LogP contribution is -2.15. The van der Waals surface area contributed by atoms with E-state index in [0.717, 1.165) is 0 Å². The summed E-state index contributed by atoms with van der Waals surface area (Å²) in [4.78, 5) is 0. The van der Waals surface area contributed by atoms with E-state index in [-0.39, 0.29) is 6.04 Å². The van der Waals surface area contributed by atoms with Crippen LogP contribution in [0.4, 0.5) is 0 Å². The zero-order chi connectivity index (χ0) is 7.40. The van der Waals surface area contributed by atoms with Gasteiger partial charge in [-0.15, -0.1) is 0 Å². The van der Waals surface area contributed by atoms with Crippen LogP contribution >= 0.6 is 0 Å². The molecule has 10 heavy (non-hydrogen) atoms. The SMILES string of the molecule is NCCC(N)c1[c]con1. The van der Waals surface area contributed by atoms with Crippen molar-refractivity contribution in [2.24, 2.45) is 11.5 Å². The third-order valence-electron chi connectivity index (χ3n) is 1.24. The van der Waals surface area contributed by atoms with Gasteiger partial charge in [-0.05, 0) is 13.0 Å². The second-order valence-corrected chi connectivity index (χ2v) is 2.03. The summed E-state index contributed by atoms with van der Waals surface area (Å²) in [6.45, 7) is 0.557. The predicted octanol–water partition coefficient (Wildman–Crippen LogP) is -0.177. The normalized spacial score (nSPS) is 13.4. The number of aromatic nitrogens is 1. The van der Waals surface area contributed by atoms with Crippen LogP contribution in [0.2, 0.25) is 0 Å². The summed E-state index contributed by atoms with van der Waals surface area (Å²) >= 11 is 0. The molecule has 4 nitrogen and oxygen atoms in total. The number of nitrogens with two attached hydrogens (primary N) is 2. The second kappa shape index (κ2) is 3.34. The maximum Gasteiger partial charge on any atom is 0.132 e. The molecule has 1 unspecified atom stereocenters. The molecular weight excluding hydrogens is 130 g/mol. The lowest BCUT2D eigenvalue weighted by atomic mass is 10.1. The molecule has 1 atom stereocenters. The molecule has 0 spiro atoms. The summed E-state index contributed by atoms with van der Waals surface area (Å²) in [5.41, 5.74) is 11.5. The van der Waals surface area contributed by atoms with Gasteiger partial charge in [0.25, 0.3) is 0 Å². The van der Waals surface area contributed by atoms with Gasteiger partial charge >= 0.3 is 0 Å². The van der Waals surface area contributed by atoms with E-state index in [1.807, 2.05) is 0 Å². The molecule has 0 aliphatic rings. The molecule has 0 aliphatic carbocycles. The van der Waals surface area contributed by atoms with Crippen molar-refractivity contribution in [2.45, 2.75) is 12.5 Å². The Balaban J connectivity index is 2.50. The van der Waals surface area contributed by atoms with Crippen molar-refractivity contribution in [1.82, 2.24) is 5.16 Å². The molecule has 0 fully saturated rings. The molecule has 1 radical (unpaired) electrons. The first-order valence-electron chi connectivity index (χ1n) is 3.12. The number of hydrogen-bond acceptors (Lipinski definition) is 4. The van der Waals surface area contributed by atoms with Gasteiger partial charge in [-0.1, -0.05) is 5.16 Å². The van der Waals surface area contributed by atoms with E-state index in [1.54, 1.807) is 0 Å². The molecule has 0 aliphatic heterocycles. The second-order valence-electron chi connectivity index (χ2n) is 2.03. The first kappa shape index (κ1) is 7.24. The minimum atomic E-state index is -0.135. The van der Waals surface area contributed by atoms with Crippen LogP contribution in [0, 0.1) is 6.07 Å². The van der Waals surface area contributed by atoms with Gasteiger partial charge in [-0.3, -0.25) is 0 Å². The van der Waals surface area contributed by atoms with Crippen molar-refractivity contribution in [3.8, 4) is 0 Å². The molecule has 1 aromatic rings. The third-order valence-corrected chi connectivity index (χ3v) is 1.24. The lowest BCUT2D eigenvalue weighted by molar-refractivity contribution is 0.403. The Hall–Kier alpha value is -0.870. The van der Waals surface area contributed by atoms with Gasteiger partial charge in [0, 0.05) is 0 Å². The maximum absolute atomic E-state index is 5.62. The van der Waals surface area contributed by atoms with Gasteiger partial charge in [0.05, 0.1) is 12.1 Å². The van der Waals surface area contributed by atoms with Crippen LogP contribution < -0.4 is 11.5 Å². The average Bonchev–Trinajstić information content (AvgIpc) is 2.38. The highest BCUT2D eigenvalue weighted by Gasteiger charge is 2.06. The molecule has 0 bridgehead atoms. The van der Waals surface area contributed by atoms with E-state index >= 15 is 0 Å². The van der Waals surface area contributed by atoms with Crippen LogP contribution in [-0.2, 0) is 0 Å². The molecule has 55 valence electrons. The molecule has 0 aromatic carbocycles. The van der Waals surface area contributed by atoms with E-state index in [1.165, 1.54) is 6.26 Å². The summed E-state index contributed by atoms with van der Waals surface area (Å²) in [5, 5.41) is 3.62. The van der Waals surface area contributed by atoms with E-state index in [2.05, 4.69) is 15.7 Å². The Labute approximate surface area is 59.2 Å². The van der Waals surface area contributed by atoms with Crippen LogP contribution in [0.5, 0.6) is 0 Å². The van der Waals surface area contributed by atoms with Gasteiger partial charge in [0.2, 0.25) is 0 Å². The minimum absolute atomic E-state index is 0.135. The summed E-state index contributed by atoms with van der Waals surface area (Å²) in [6, 6.07) is 2.63. The van der Waals surface area contributed by atoms with Crippen LogP contribution in [-0.4, -0.2) is 11.7 Å². The Morgan fingerprint density at radius 2 is 2.60 bits per heavy atom. The standard InChI is InChI=1S/C6H10N3O/c7-3-1-5(8)6-2-4-10-9-6/h4-5H,1,3,7-8H2. The van der Waals surface area contributed by atoms with Crippen LogP contribution in [0.25, 0.3) is 0 Å². The fourth-order valence-electron chi connectivity index (χ4n) is 0.687. The van der Waals surface area contributed by atoms with Gasteiger partial charge < -0.3 is 16.0 Å². The molecule has 1 rings (SSSR count). The summed E-state index contributed by atoms with van der Waals surface area (Å²) in [7, 11) is 0. The maximum atomic E-state index is 5.62. The largest absolute Gasteiger partial charge is 0.364 e. The predicted molar refractivity (Wildman–Crippen MR) is 35.9 cm³/mol. The smallest absolute Gasteiger partial charge is 0.132 e. The van der Waals surface area contributed by atoms with Crippen molar-refractivity contribution >= 4 is 0 Å². The van der Waals surface area contributed by atoms with Crippen molar-refractivity contribution in [3.63, 3.8) is 0 Å². The molecule has 0 saturated heterocycles. The van der Waals surface area contributed by atoms with Crippen molar-refractivity contribution in [3.05, 3.63) is 18.0 Å². The highest BCUT2D eigenvalue weighted by atomic mass is 16.5. The topological polar surface area (TPSA) is 78.1 Å². The number of nitrogens with zero attached hydrogens (tertiary/aromatic N) is 1. The molecule has 1 aromatic heterocycles. The molecule has 0 saturated carbocycles. The van der Waals surface area contributed by atoms with Crippen molar-refractivity contribution in [2.75, 3.05) is 6.54 Å². The van der Waals surface area contributed by atoms with E-state index < -0.39 is 0 Å². The van der Waals surface area contributed by atoms with Gasteiger partial charge in [0.15, 0.2) is 0 Å². The van der Waals surface area contributed by atoms with Crippen LogP contribution in [0.1, 0.15) is 18.2 Å². The third kappa shape index (κ3) is 1.55. The Morgan fingerprint density at radius 1 is 1.80 bits per heavy atom. The van der Waals surface area contributed by atoms with Crippen LogP contribution in [0.15, 0.2) is 10.8 Å². The quantitative estimate of drug-likeness (QED) is 0.610. The average molecular weight is 140 g/mol. The highest BCUT2D eigenvalue weighted by Crippen LogP contribution is 2.08. The Morgan fingerprint density at radius 3 is 3.10 bits per heavy atom. The fourth-order valence-corrected chi connectivity index (χ4v) is 0.687. The monoisotopic (exact) mass is 140 g/mol. The van der Waals surface area contributed by atoms with Gasteiger partial charge in [-0.2, -0.15) is 0 Å².